The van der Waals surface area contributed by atoms with Crippen LogP contribution in [0.4, 0.5) is 13.2 Å². The molecular weight excluding hydrogens is 301 g/mol. The van der Waals surface area contributed by atoms with Gasteiger partial charge in [-0.05, 0) is 29.7 Å². The maximum Gasteiger partial charge on any atom is 0.416 e. The molecule has 1 unspecified atom stereocenters. The average molecular weight is 315 g/mol. The van der Waals surface area contributed by atoms with Crippen molar-refractivity contribution in [2.45, 2.75) is 25.6 Å². The van der Waals surface area contributed by atoms with Gasteiger partial charge < -0.3 is 5.11 Å². The van der Waals surface area contributed by atoms with Gasteiger partial charge in [0, 0.05) is 11.4 Å². The summed E-state index contributed by atoms with van der Waals surface area (Å²) in [6.07, 6.45) is -5.25. The van der Waals surface area contributed by atoms with Crippen LogP contribution in [0.1, 0.15) is 28.4 Å². The van der Waals surface area contributed by atoms with Gasteiger partial charge in [-0.1, -0.05) is 48.0 Å². The van der Waals surface area contributed by atoms with Crippen molar-refractivity contribution in [3.63, 3.8) is 0 Å². The molecule has 1 nitrogen and oxygen atoms in total. The van der Waals surface area contributed by atoms with Gasteiger partial charge in [0.05, 0.1) is 11.7 Å². The molecule has 0 fully saturated rings. The Morgan fingerprint density at radius 1 is 1.14 bits per heavy atom. The summed E-state index contributed by atoms with van der Waals surface area (Å²) in [4.78, 5) is 0. The molecule has 112 valence electrons. The zero-order chi connectivity index (χ0) is 15.6. The molecule has 2 rings (SSSR count). The molecule has 0 saturated carbocycles. The minimum Gasteiger partial charge on any atom is -0.388 e. The van der Waals surface area contributed by atoms with Crippen LogP contribution in [-0.4, -0.2) is 5.11 Å². The number of benzene rings is 2. The molecule has 0 aliphatic rings. The van der Waals surface area contributed by atoms with Crippen molar-refractivity contribution in [2.24, 2.45) is 0 Å². The van der Waals surface area contributed by atoms with Crippen molar-refractivity contribution < 1.29 is 18.3 Å². The van der Waals surface area contributed by atoms with E-state index in [4.69, 9.17) is 11.6 Å². The minimum absolute atomic E-state index is 0.0765. The summed E-state index contributed by atoms with van der Waals surface area (Å²) in [6.45, 7) is 1.81. The Bertz CT molecular complexity index is 638. The van der Waals surface area contributed by atoms with E-state index in [1.165, 1.54) is 6.07 Å². The first kappa shape index (κ1) is 15.9. The zero-order valence-electron chi connectivity index (χ0n) is 11.3. The summed E-state index contributed by atoms with van der Waals surface area (Å²) < 4.78 is 38.0. The van der Waals surface area contributed by atoms with Crippen LogP contribution in [0.25, 0.3) is 0 Å². The van der Waals surface area contributed by atoms with E-state index in [9.17, 15) is 18.3 Å². The zero-order valence-corrected chi connectivity index (χ0v) is 12.0. The van der Waals surface area contributed by atoms with Gasteiger partial charge in [0.15, 0.2) is 0 Å². The Labute approximate surface area is 126 Å². The molecule has 2 aromatic rings. The van der Waals surface area contributed by atoms with Gasteiger partial charge in [-0.3, -0.25) is 0 Å². The fourth-order valence-electron chi connectivity index (χ4n) is 2.14. The number of aliphatic hydroxyl groups is 1. The number of halogens is 4. The van der Waals surface area contributed by atoms with Crippen LogP contribution in [0.2, 0.25) is 5.02 Å². The number of hydrogen-bond donors (Lipinski definition) is 1. The maximum absolute atomic E-state index is 12.7. The van der Waals surface area contributed by atoms with Crippen molar-refractivity contribution in [3.8, 4) is 0 Å². The van der Waals surface area contributed by atoms with Gasteiger partial charge in [-0.15, -0.1) is 0 Å². The highest BCUT2D eigenvalue weighted by Crippen LogP contribution is 2.32. The van der Waals surface area contributed by atoms with Crippen LogP contribution in [0, 0.1) is 6.92 Å². The molecule has 5 heteroatoms. The van der Waals surface area contributed by atoms with Crippen molar-refractivity contribution >= 4 is 11.6 Å². The molecule has 0 radical (unpaired) electrons. The van der Waals surface area contributed by atoms with E-state index in [0.717, 1.165) is 17.7 Å². The third-order valence-corrected chi connectivity index (χ3v) is 3.78. The number of alkyl halides is 3. The van der Waals surface area contributed by atoms with E-state index >= 15 is 0 Å². The number of hydrogen-bond acceptors (Lipinski definition) is 1. The second-order valence-electron chi connectivity index (χ2n) is 4.90. The smallest absolute Gasteiger partial charge is 0.388 e. The molecule has 2 aromatic carbocycles. The summed E-state index contributed by atoms with van der Waals surface area (Å²) in [5.74, 6) is 0. The average Bonchev–Trinajstić information content (AvgIpc) is 2.41. The molecular formula is C16H14ClF3O. The summed E-state index contributed by atoms with van der Waals surface area (Å²) >= 11 is 6.12. The van der Waals surface area contributed by atoms with Gasteiger partial charge >= 0.3 is 6.18 Å². The lowest BCUT2D eigenvalue weighted by atomic mass is 9.98. The molecule has 0 bridgehead atoms. The molecule has 0 spiro atoms. The normalized spacial score (nSPS) is 13.2. The molecule has 21 heavy (non-hydrogen) atoms. The van der Waals surface area contributed by atoms with Gasteiger partial charge in [-0.2, -0.15) is 13.2 Å². The quantitative estimate of drug-likeness (QED) is 0.850. The standard InChI is InChI=1S/C16H14ClF3O/c1-10-4-2-7-13(15(10)17)14(21)9-11-5-3-6-12(8-11)16(18,19)20/h2-8,14,21H,9H2,1H3. The number of aliphatic hydroxyl groups excluding tert-OH is 1. The number of aryl methyl sites for hydroxylation is 1. The summed E-state index contributed by atoms with van der Waals surface area (Å²) in [7, 11) is 0. The first-order valence-corrected chi connectivity index (χ1v) is 6.76. The predicted octanol–water partition coefficient (Wildman–Crippen LogP) is 4.94. The van der Waals surface area contributed by atoms with Gasteiger partial charge in [0.1, 0.15) is 0 Å². The summed E-state index contributed by atoms with van der Waals surface area (Å²) in [5, 5.41) is 10.6. The van der Waals surface area contributed by atoms with E-state index in [-0.39, 0.29) is 6.42 Å². The van der Waals surface area contributed by atoms with E-state index in [1.807, 2.05) is 13.0 Å². The predicted molar refractivity (Wildman–Crippen MR) is 76.3 cm³/mol. The summed E-state index contributed by atoms with van der Waals surface area (Å²) in [5.41, 5.74) is 1.03. The molecule has 0 aliphatic carbocycles. The lowest BCUT2D eigenvalue weighted by molar-refractivity contribution is -0.137. The Morgan fingerprint density at radius 2 is 1.81 bits per heavy atom. The van der Waals surface area contributed by atoms with Crippen LogP contribution in [0.3, 0.4) is 0 Å². The molecule has 0 aliphatic heterocycles. The van der Waals surface area contributed by atoms with Crippen LogP contribution in [0.15, 0.2) is 42.5 Å². The minimum atomic E-state index is -4.39. The van der Waals surface area contributed by atoms with Crippen LogP contribution in [0.5, 0.6) is 0 Å². The van der Waals surface area contributed by atoms with Gasteiger partial charge in [0.2, 0.25) is 0 Å². The first-order valence-electron chi connectivity index (χ1n) is 6.38. The molecule has 0 saturated heterocycles. The maximum atomic E-state index is 12.7. The SMILES string of the molecule is Cc1cccc(C(O)Cc2cccc(C(F)(F)F)c2)c1Cl. The highest BCUT2D eigenvalue weighted by atomic mass is 35.5. The van der Waals surface area contributed by atoms with Crippen LogP contribution >= 0.6 is 11.6 Å². The van der Waals surface area contributed by atoms with Crippen LogP contribution < -0.4 is 0 Å². The summed E-state index contributed by atoms with van der Waals surface area (Å²) in [6, 6.07) is 10.2. The van der Waals surface area contributed by atoms with E-state index in [0.29, 0.717) is 16.1 Å². The lowest BCUT2D eigenvalue weighted by Gasteiger charge is -2.15. The molecule has 0 heterocycles. The fourth-order valence-corrected chi connectivity index (χ4v) is 2.39. The topological polar surface area (TPSA) is 20.2 Å². The fraction of sp³-hybridized carbons (Fsp3) is 0.250. The second-order valence-corrected chi connectivity index (χ2v) is 5.27. The largest absolute Gasteiger partial charge is 0.416 e. The molecule has 1 atom stereocenters. The highest BCUT2D eigenvalue weighted by molar-refractivity contribution is 6.32. The van der Waals surface area contributed by atoms with E-state index in [2.05, 4.69) is 0 Å². The Balaban J connectivity index is 2.24. The van der Waals surface area contributed by atoms with Crippen molar-refractivity contribution in [3.05, 3.63) is 69.7 Å². The van der Waals surface area contributed by atoms with E-state index < -0.39 is 17.8 Å². The monoisotopic (exact) mass is 314 g/mol. The second kappa shape index (κ2) is 6.08. The van der Waals surface area contributed by atoms with Crippen molar-refractivity contribution in [1.29, 1.82) is 0 Å². The number of rotatable bonds is 3. The molecule has 0 amide bonds. The van der Waals surface area contributed by atoms with Crippen LogP contribution in [-0.2, 0) is 12.6 Å². The first-order chi connectivity index (χ1) is 9.79. The van der Waals surface area contributed by atoms with Crippen molar-refractivity contribution in [1.82, 2.24) is 0 Å². The third kappa shape index (κ3) is 3.77. The van der Waals surface area contributed by atoms with Gasteiger partial charge in [0.25, 0.3) is 0 Å². The third-order valence-electron chi connectivity index (χ3n) is 3.26. The molecule has 0 aromatic heterocycles. The Kier molecular flexibility index (Phi) is 4.59. The Morgan fingerprint density at radius 3 is 2.48 bits per heavy atom. The van der Waals surface area contributed by atoms with Gasteiger partial charge in [-0.25, -0.2) is 0 Å². The molecule has 1 N–H and O–H groups in total. The van der Waals surface area contributed by atoms with E-state index in [1.54, 1.807) is 18.2 Å². The van der Waals surface area contributed by atoms with Crippen molar-refractivity contribution in [2.75, 3.05) is 0 Å². The Hall–Kier alpha value is -1.52. The lowest BCUT2D eigenvalue weighted by Crippen LogP contribution is -2.07. The highest BCUT2D eigenvalue weighted by Gasteiger charge is 2.30.